The van der Waals surface area contributed by atoms with E-state index < -0.39 is 0 Å². The second-order valence-electron chi connectivity index (χ2n) is 7.27. The van der Waals surface area contributed by atoms with Crippen LogP contribution >= 0.6 is 0 Å². The van der Waals surface area contributed by atoms with Crippen molar-refractivity contribution in [2.24, 2.45) is 0 Å². The Hall–Kier alpha value is -2.73. The number of aryl methyl sites for hydroxylation is 2. The summed E-state index contributed by atoms with van der Waals surface area (Å²) in [5, 5.41) is 7.42. The molecular formula is C21H25N5O. The molecule has 3 heterocycles. The van der Waals surface area contributed by atoms with Gasteiger partial charge in [-0.25, -0.2) is 9.50 Å². The SMILES string of the molecule is Cc1cc(C)n2nc(C(=O)NCc3ccccc3CN3CCCC3)cc2n1. The maximum Gasteiger partial charge on any atom is 0.272 e. The number of benzene rings is 1. The molecule has 1 aliphatic rings. The van der Waals surface area contributed by atoms with Gasteiger partial charge in [0.05, 0.1) is 0 Å². The van der Waals surface area contributed by atoms with E-state index in [1.165, 1.54) is 18.4 Å². The number of nitrogens with zero attached hydrogens (tertiary/aromatic N) is 4. The number of fused-ring (bicyclic) bond motifs is 1. The molecule has 0 saturated carbocycles. The summed E-state index contributed by atoms with van der Waals surface area (Å²) < 4.78 is 1.71. The van der Waals surface area contributed by atoms with Crippen molar-refractivity contribution in [3.05, 3.63) is 64.6 Å². The summed E-state index contributed by atoms with van der Waals surface area (Å²) in [5.74, 6) is -0.173. The molecule has 0 bridgehead atoms. The highest BCUT2D eigenvalue weighted by Gasteiger charge is 2.16. The highest BCUT2D eigenvalue weighted by molar-refractivity contribution is 5.93. The molecule has 140 valence electrons. The van der Waals surface area contributed by atoms with Crippen LogP contribution in [0, 0.1) is 13.8 Å². The first-order valence-corrected chi connectivity index (χ1v) is 9.51. The van der Waals surface area contributed by atoms with Gasteiger partial charge in [-0.2, -0.15) is 5.10 Å². The molecule has 0 atom stereocenters. The van der Waals surface area contributed by atoms with Crippen LogP contribution in [0.15, 0.2) is 36.4 Å². The molecule has 3 aromatic rings. The van der Waals surface area contributed by atoms with Crippen LogP contribution in [-0.4, -0.2) is 38.5 Å². The van der Waals surface area contributed by atoms with E-state index in [0.717, 1.165) is 36.6 Å². The van der Waals surface area contributed by atoms with E-state index >= 15 is 0 Å². The van der Waals surface area contributed by atoms with Gasteiger partial charge in [0.15, 0.2) is 11.3 Å². The fraction of sp³-hybridized carbons (Fsp3) is 0.381. The number of carbonyl (C=O) groups excluding carboxylic acids is 1. The van der Waals surface area contributed by atoms with Gasteiger partial charge >= 0.3 is 0 Å². The number of hydrogen-bond donors (Lipinski definition) is 1. The van der Waals surface area contributed by atoms with Crippen LogP contribution in [0.5, 0.6) is 0 Å². The summed E-state index contributed by atoms with van der Waals surface area (Å²) in [5.41, 5.74) is 5.42. The van der Waals surface area contributed by atoms with Crippen molar-refractivity contribution < 1.29 is 4.79 Å². The van der Waals surface area contributed by atoms with Crippen LogP contribution in [0.2, 0.25) is 0 Å². The molecular weight excluding hydrogens is 338 g/mol. The number of hydrogen-bond acceptors (Lipinski definition) is 4. The molecule has 1 fully saturated rings. The minimum absolute atomic E-state index is 0.173. The van der Waals surface area contributed by atoms with Gasteiger partial charge in [0.25, 0.3) is 5.91 Å². The maximum absolute atomic E-state index is 12.6. The van der Waals surface area contributed by atoms with E-state index in [1.54, 1.807) is 10.6 Å². The van der Waals surface area contributed by atoms with E-state index in [4.69, 9.17) is 0 Å². The topological polar surface area (TPSA) is 62.5 Å². The van der Waals surface area contributed by atoms with Crippen LogP contribution in [0.3, 0.4) is 0 Å². The van der Waals surface area contributed by atoms with Crippen LogP contribution in [0.4, 0.5) is 0 Å². The van der Waals surface area contributed by atoms with Crippen molar-refractivity contribution in [2.75, 3.05) is 13.1 Å². The monoisotopic (exact) mass is 363 g/mol. The van der Waals surface area contributed by atoms with E-state index in [9.17, 15) is 4.79 Å². The van der Waals surface area contributed by atoms with Gasteiger partial charge in [0, 0.05) is 30.5 Å². The normalized spacial score (nSPS) is 14.7. The first-order chi connectivity index (χ1) is 13.1. The Morgan fingerprint density at radius 1 is 1.11 bits per heavy atom. The maximum atomic E-state index is 12.6. The van der Waals surface area contributed by atoms with Crippen LogP contribution in [0.1, 0.15) is 45.8 Å². The number of aromatic nitrogens is 3. The minimum atomic E-state index is -0.173. The van der Waals surface area contributed by atoms with Crippen LogP contribution in [0.25, 0.3) is 5.65 Å². The van der Waals surface area contributed by atoms with Crippen molar-refractivity contribution >= 4 is 11.6 Å². The first-order valence-electron chi connectivity index (χ1n) is 9.51. The Morgan fingerprint density at radius 2 is 1.85 bits per heavy atom. The van der Waals surface area contributed by atoms with Crippen LogP contribution in [-0.2, 0) is 13.1 Å². The quantitative estimate of drug-likeness (QED) is 0.757. The zero-order chi connectivity index (χ0) is 18.8. The molecule has 0 radical (unpaired) electrons. The van der Waals surface area contributed by atoms with E-state index in [2.05, 4.69) is 38.5 Å². The molecule has 27 heavy (non-hydrogen) atoms. The molecule has 1 aromatic carbocycles. The van der Waals surface area contributed by atoms with Crippen molar-refractivity contribution in [1.82, 2.24) is 24.8 Å². The summed E-state index contributed by atoms with van der Waals surface area (Å²) >= 11 is 0. The molecule has 0 aliphatic carbocycles. The molecule has 4 rings (SSSR count). The molecule has 0 spiro atoms. The Balaban J connectivity index is 1.47. The zero-order valence-corrected chi connectivity index (χ0v) is 15.9. The third kappa shape index (κ3) is 3.85. The molecule has 1 N–H and O–H groups in total. The zero-order valence-electron chi connectivity index (χ0n) is 15.9. The number of carbonyl (C=O) groups is 1. The summed E-state index contributed by atoms with van der Waals surface area (Å²) in [7, 11) is 0. The third-order valence-electron chi connectivity index (χ3n) is 5.12. The van der Waals surface area contributed by atoms with Crippen molar-refractivity contribution in [1.29, 1.82) is 0 Å². The minimum Gasteiger partial charge on any atom is -0.347 e. The highest BCUT2D eigenvalue weighted by atomic mass is 16.1. The Morgan fingerprint density at radius 3 is 2.63 bits per heavy atom. The van der Waals surface area contributed by atoms with Gasteiger partial charge in [-0.05, 0) is 57.0 Å². The fourth-order valence-corrected chi connectivity index (χ4v) is 3.73. The van der Waals surface area contributed by atoms with Gasteiger partial charge in [-0.3, -0.25) is 9.69 Å². The predicted molar refractivity (Wildman–Crippen MR) is 105 cm³/mol. The number of amides is 1. The third-order valence-corrected chi connectivity index (χ3v) is 5.12. The van der Waals surface area contributed by atoms with Crippen molar-refractivity contribution in [2.45, 2.75) is 39.8 Å². The largest absolute Gasteiger partial charge is 0.347 e. The Kier molecular flexibility index (Phi) is 4.90. The van der Waals surface area contributed by atoms with Gasteiger partial charge in [-0.15, -0.1) is 0 Å². The van der Waals surface area contributed by atoms with Gasteiger partial charge in [-0.1, -0.05) is 24.3 Å². The fourth-order valence-electron chi connectivity index (χ4n) is 3.73. The van der Waals surface area contributed by atoms with Crippen molar-refractivity contribution in [3.63, 3.8) is 0 Å². The average molecular weight is 363 g/mol. The molecule has 1 aliphatic heterocycles. The number of nitrogens with one attached hydrogen (secondary N) is 1. The first kappa shape index (κ1) is 17.7. The molecule has 6 heteroatoms. The Labute approximate surface area is 159 Å². The summed E-state index contributed by atoms with van der Waals surface area (Å²) in [6.45, 7) is 7.67. The lowest BCUT2D eigenvalue weighted by Crippen LogP contribution is -2.25. The second-order valence-corrected chi connectivity index (χ2v) is 7.27. The molecule has 1 amide bonds. The van der Waals surface area contributed by atoms with Crippen molar-refractivity contribution in [3.8, 4) is 0 Å². The smallest absolute Gasteiger partial charge is 0.272 e. The molecule has 6 nitrogen and oxygen atoms in total. The van der Waals surface area contributed by atoms with Gasteiger partial charge in [0.1, 0.15) is 0 Å². The Bertz CT molecular complexity index is 972. The predicted octanol–water partition coefficient (Wildman–Crippen LogP) is 2.87. The van der Waals surface area contributed by atoms with E-state index in [0.29, 0.717) is 17.9 Å². The highest BCUT2D eigenvalue weighted by Crippen LogP contribution is 2.16. The van der Waals surface area contributed by atoms with E-state index in [-0.39, 0.29) is 5.91 Å². The molecule has 2 aromatic heterocycles. The van der Waals surface area contributed by atoms with Gasteiger partial charge < -0.3 is 5.32 Å². The summed E-state index contributed by atoms with van der Waals surface area (Å²) in [6, 6.07) is 12.0. The second kappa shape index (κ2) is 7.48. The van der Waals surface area contributed by atoms with Crippen LogP contribution < -0.4 is 5.32 Å². The molecule has 1 saturated heterocycles. The lowest BCUT2D eigenvalue weighted by Gasteiger charge is -2.17. The standard InChI is InChI=1S/C21H25N5O/c1-15-11-16(2)26-20(23-15)12-19(24-26)21(27)22-13-17-7-3-4-8-18(17)14-25-9-5-6-10-25/h3-4,7-8,11-12H,5-6,9-10,13-14H2,1-2H3,(H,22,27). The lowest BCUT2D eigenvalue weighted by atomic mass is 10.1. The van der Waals surface area contributed by atoms with Gasteiger partial charge in [0.2, 0.25) is 0 Å². The van der Waals surface area contributed by atoms with E-state index in [1.807, 2.05) is 26.0 Å². The average Bonchev–Trinajstić information content (AvgIpc) is 3.30. The molecule has 0 unspecified atom stereocenters. The summed E-state index contributed by atoms with van der Waals surface area (Å²) in [6.07, 6.45) is 2.55. The number of rotatable bonds is 5. The summed E-state index contributed by atoms with van der Waals surface area (Å²) in [4.78, 5) is 19.5. The number of likely N-dealkylation sites (tertiary alicyclic amines) is 1. The lowest BCUT2D eigenvalue weighted by molar-refractivity contribution is 0.0945.